The van der Waals surface area contributed by atoms with E-state index in [1.54, 1.807) is 50.2 Å². The van der Waals surface area contributed by atoms with Gasteiger partial charge in [-0.15, -0.1) is 0 Å². The number of esters is 1. The van der Waals surface area contributed by atoms with E-state index < -0.39 is 90.4 Å². The Morgan fingerprint density at radius 3 is 2.37 bits per heavy atom. The number of cyclic esters (lactones) is 1. The van der Waals surface area contributed by atoms with Crippen molar-refractivity contribution in [2.75, 3.05) is 39.5 Å². The number of benzene rings is 2. The van der Waals surface area contributed by atoms with E-state index in [4.69, 9.17) is 14.5 Å². The Morgan fingerprint density at radius 1 is 0.908 bits per heavy atom. The fourth-order valence-corrected chi connectivity index (χ4v) is 9.88. The van der Waals surface area contributed by atoms with Gasteiger partial charge in [-0.1, -0.05) is 42.8 Å². The summed E-state index contributed by atoms with van der Waals surface area (Å²) in [6, 6.07) is 9.95. The number of pyridine rings is 2. The number of aliphatic hydroxyl groups is 2. The summed E-state index contributed by atoms with van der Waals surface area (Å²) in [5.74, 6) is -5.24. The molecule has 76 heavy (non-hydrogen) atoms. The Kier molecular flexibility index (Phi) is 16.9. The Balaban J connectivity index is 0.810. The van der Waals surface area contributed by atoms with E-state index in [9.17, 15) is 53.4 Å². The molecule has 400 valence electrons. The number of halogens is 1. The van der Waals surface area contributed by atoms with Gasteiger partial charge in [0.05, 0.1) is 55.3 Å². The number of nitrogens with one attached hydrogen (secondary N) is 6. The number of rotatable bonds is 23. The van der Waals surface area contributed by atoms with Gasteiger partial charge < -0.3 is 50.8 Å². The lowest BCUT2D eigenvalue weighted by molar-refractivity contribution is -0.166. The van der Waals surface area contributed by atoms with E-state index in [-0.39, 0.29) is 68.8 Å². The molecular weight excluding hydrogens is 990 g/mol. The van der Waals surface area contributed by atoms with Crippen LogP contribution < -0.4 is 37.5 Å². The third-order valence-corrected chi connectivity index (χ3v) is 13.7. The van der Waals surface area contributed by atoms with E-state index in [2.05, 4.69) is 31.9 Å². The molecule has 5 heterocycles. The standard InChI is InChI=1S/C53H58FN9O13/c1-3-17-53(74)34-20-39-49-32(25-63(39)51(72)33(34)26-76-52(53)73)48-36(14-13-31-29(2)35(54)21-37(61-49)47(31)48)59-44(68)27-75-28-58-42(66)23-57-50(71)38(19-30-10-6-4-7-11-30)60-43(67)24-56-41(65)22-55-40(64)12-8-5-9-18-62-45(69)15-16-46(62)70/h3-4,6-7,10-11,15-17,20-21,36,38,44,59,68,74H,5,8-9,12-14,18-19,22-28H2,1-2H3,(H,55,64)(H,56,65)(H,57,71)(H,58,66)(H,60,67)/b17-3+/t36-,38-,44?,53-/m0/s1. The molecule has 2 aromatic carbocycles. The highest BCUT2D eigenvalue weighted by Crippen LogP contribution is 2.46. The molecule has 1 unspecified atom stereocenters. The first-order valence-corrected chi connectivity index (χ1v) is 24.9. The summed E-state index contributed by atoms with van der Waals surface area (Å²) >= 11 is 0. The number of aryl methyl sites for hydroxylation is 1. The number of ether oxygens (including phenoxy) is 2. The van der Waals surface area contributed by atoms with Crippen molar-refractivity contribution >= 4 is 58.2 Å². The molecule has 8 N–H and O–H groups in total. The predicted molar refractivity (Wildman–Crippen MR) is 268 cm³/mol. The van der Waals surface area contributed by atoms with Crippen LogP contribution in [-0.4, -0.2) is 124 Å². The molecule has 8 rings (SSSR count). The normalized spacial score (nSPS) is 17.9. The molecule has 4 atom stereocenters. The number of nitrogens with zero attached hydrogens (tertiary/aromatic N) is 3. The van der Waals surface area contributed by atoms with Crippen molar-refractivity contribution in [3.8, 4) is 11.4 Å². The molecule has 1 aliphatic carbocycles. The Bertz CT molecular complexity index is 3110. The van der Waals surface area contributed by atoms with Crippen LogP contribution in [0.1, 0.15) is 84.0 Å². The number of hydrogen-bond donors (Lipinski definition) is 8. The minimum atomic E-state index is -2.21. The Labute approximate surface area is 434 Å². The molecule has 3 aliphatic heterocycles. The van der Waals surface area contributed by atoms with Crippen LogP contribution in [0.15, 0.2) is 71.6 Å². The minimum Gasteiger partial charge on any atom is -0.458 e. The van der Waals surface area contributed by atoms with E-state index in [0.717, 1.165) is 10.5 Å². The molecule has 4 aromatic rings. The fraction of sp³-hybridized carbons (Fsp3) is 0.396. The van der Waals surface area contributed by atoms with Crippen molar-refractivity contribution in [2.24, 2.45) is 0 Å². The van der Waals surface area contributed by atoms with Gasteiger partial charge in [-0.3, -0.25) is 48.6 Å². The molecule has 0 saturated heterocycles. The first-order valence-electron chi connectivity index (χ1n) is 24.9. The second-order valence-electron chi connectivity index (χ2n) is 18.8. The van der Waals surface area contributed by atoms with Crippen LogP contribution in [0.4, 0.5) is 4.39 Å². The van der Waals surface area contributed by atoms with Crippen molar-refractivity contribution in [1.29, 1.82) is 0 Å². The third-order valence-electron chi connectivity index (χ3n) is 13.7. The Hall–Kier alpha value is -7.99. The number of unbranched alkanes of at least 4 members (excludes halogenated alkanes) is 2. The second kappa shape index (κ2) is 23.7. The highest BCUT2D eigenvalue weighted by atomic mass is 19.1. The zero-order valence-corrected chi connectivity index (χ0v) is 41.8. The Morgan fingerprint density at radius 2 is 1.62 bits per heavy atom. The van der Waals surface area contributed by atoms with E-state index in [1.165, 1.54) is 34.9 Å². The summed E-state index contributed by atoms with van der Waals surface area (Å²) < 4.78 is 27.7. The van der Waals surface area contributed by atoms with Crippen LogP contribution in [0, 0.1) is 12.7 Å². The lowest BCUT2D eigenvalue weighted by Gasteiger charge is -2.31. The van der Waals surface area contributed by atoms with Gasteiger partial charge >= 0.3 is 5.97 Å². The lowest BCUT2D eigenvalue weighted by atomic mass is 9.81. The van der Waals surface area contributed by atoms with Crippen molar-refractivity contribution in [3.05, 3.63) is 122 Å². The van der Waals surface area contributed by atoms with Crippen LogP contribution in [0.5, 0.6) is 0 Å². The van der Waals surface area contributed by atoms with Crippen molar-refractivity contribution < 1.29 is 62.4 Å². The van der Waals surface area contributed by atoms with Crippen molar-refractivity contribution in [1.82, 2.24) is 46.4 Å². The van der Waals surface area contributed by atoms with Gasteiger partial charge in [-0.05, 0) is 73.9 Å². The third kappa shape index (κ3) is 11.9. The second-order valence-corrected chi connectivity index (χ2v) is 18.8. The highest BCUT2D eigenvalue weighted by Gasteiger charge is 2.45. The molecule has 0 spiro atoms. The largest absolute Gasteiger partial charge is 0.458 e. The number of carbonyl (C=O) groups excluding carboxylic acids is 8. The van der Waals surface area contributed by atoms with Crippen LogP contribution in [0.3, 0.4) is 0 Å². The average Bonchev–Trinajstić information content (AvgIpc) is 4.00. The summed E-state index contributed by atoms with van der Waals surface area (Å²) in [6.07, 6.45) is 6.42. The predicted octanol–water partition coefficient (Wildman–Crippen LogP) is 0.240. The average molecular weight is 1050 g/mol. The minimum absolute atomic E-state index is 0.0442. The lowest BCUT2D eigenvalue weighted by Crippen LogP contribution is -2.52. The summed E-state index contributed by atoms with van der Waals surface area (Å²) in [6.45, 7) is 1.18. The van der Waals surface area contributed by atoms with E-state index in [1.807, 2.05) is 0 Å². The monoisotopic (exact) mass is 1050 g/mol. The summed E-state index contributed by atoms with van der Waals surface area (Å²) in [5, 5.41) is 39.0. The quantitative estimate of drug-likeness (QED) is 0.0143. The van der Waals surface area contributed by atoms with Crippen LogP contribution in [-0.2, 0) is 79.4 Å². The fourth-order valence-electron chi connectivity index (χ4n) is 9.88. The molecule has 0 saturated carbocycles. The highest BCUT2D eigenvalue weighted by molar-refractivity contribution is 6.12. The molecule has 0 bridgehead atoms. The van der Waals surface area contributed by atoms with Crippen LogP contribution in [0.25, 0.3) is 22.3 Å². The molecule has 0 radical (unpaired) electrons. The van der Waals surface area contributed by atoms with Gasteiger partial charge in [0.25, 0.3) is 17.4 Å². The molecule has 7 amide bonds. The van der Waals surface area contributed by atoms with E-state index in [0.29, 0.717) is 76.6 Å². The topological polar surface area (TPSA) is 306 Å². The van der Waals surface area contributed by atoms with Crippen LogP contribution >= 0.6 is 0 Å². The molecule has 22 nitrogen and oxygen atoms in total. The van der Waals surface area contributed by atoms with Gasteiger partial charge in [0.1, 0.15) is 31.4 Å². The number of aromatic nitrogens is 2. The number of amides is 7. The van der Waals surface area contributed by atoms with Crippen LogP contribution in [0.2, 0.25) is 0 Å². The molecule has 23 heteroatoms. The summed E-state index contributed by atoms with van der Waals surface area (Å²) in [7, 11) is 0. The maximum Gasteiger partial charge on any atom is 0.347 e. The summed E-state index contributed by atoms with van der Waals surface area (Å²) in [5.41, 5.74) is 1.73. The molecule has 0 fully saturated rings. The number of allylic oxidation sites excluding steroid dienone is 1. The summed E-state index contributed by atoms with van der Waals surface area (Å²) in [4.78, 5) is 120. The SMILES string of the molecule is C/C=C/[C@@]1(O)C(=O)OCc2c1cc1n(c2=O)Cc2c-1nc1cc(F)c(C)c3c1c2[C@@H](NC(O)COCNC(=O)CNC(=O)[C@H](Cc1ccccc1)NC(=O)CNC(=O)CNC(=O)CCCCCN1C(=O)C=CC1=O)CC3. The van der Waals surface area contributed by atoms with Gasteiger partial charge in [0.2, 0.25) is 35.1 Å². The van der Waals surface area contributed by atoms with Gasteiger partial charge in [0, 0.05) is 60.2 Å². The maximum absolute atomic E-state index is 15.4. The smallest absolute Gasteiger partial charge is 0.347 e. The van der Waals surface area contributed by atoms with E-state index >= 15 is 4.39 Å². The maximum atomic E-state index is 15.4. The number of fused-ring (bicyclic) bond motifs is 5. The van der Waals surface area contributed by atoms with Gasteiger partial charge in [-0.25, -0.2) is 14.2 Å². The number of hydrogen-bond acceptors (Lipinski definition) is 15. The molecular formula is C53H58FN9O13. The van der Waals surface area contributed by atoms with Gasteiger partial charge in [0.15, 0.2) is 0 Å². The first-order chi connectivity index (χ1) is 36.5. The number of imide groups is 1. The zero-order valence-electron chi connectivity index (χ0n) is 41.8. The number of carbonyl (C=O) groups is 8. The van der Waals surface area contributed by atoms with Gasteiger partial charge in [-0.2, -0.15) is 0 Å². The zero-order chi connectivity index (χ0) is 54.3. The van der Waals surface area contributed by atoms with Crippen molar-refractivity contribution in [2.45, 2.75) is 95.9 Å². The number of aliphatic hydroxyl groups excluding tert-OH is 1. The molecule has 4 aliphatic rings. The van der Waals surface area contributed by atoms with Crippen molar-refractivity contribution in [3.63, 3.8) is 0 Å². The molecule has 2 aromatic heterocycles. The first kappa shape index (κ1) is 54.3.